The van der Waals surface area contributed by atoms with Gasteiger partial charge in [-0.3, -0.25) is 0 Å². The van der Waals surface area contributed by atoms with Crippen LogP contribution in [0.15, 0.2) is 18.2 Å². The molecule has 1 aliphatic rings. The fraction of sp³-hybridized carbons (Fsp3) is 0.647. The van der Waals surface area contributed by atoms with Crippen molar-refractivity contribution < 1.29 is 9.13 Å². The van der Waals surface area contributed by atoms with Crippen molar-refractivity contribution in [2.75, 3.05) is 27.2 Å². The summed E-state index contributed by atoms with van der Waals surface area (Å²) in [6.07, 6.45) is 2.51. The van der Waals surface area contributed by atoms with E-state index in [0.717, 1.165) is 17.9 Å². The first-order valence-corrected chi connectivity index (χ1v) is 7.79. The van der Waals surface area contributed by atoms with Crippen LogP contribution in [0.25, 0.3) is 0 Å². The predicted octanol–water partition coefficient (Wildman–Crippen LogP) is 3.22. The third kappa shape index (κ3) is 4.17. The third-order valence-electron chi connectivity index (χ3n) is 4.54. The molecule has 4 heteroatoms. The van der Waals surface area contributed by atoms with Gasteiger partial charge in [0.25, 0.3) is 0 Å². The molecular formula is C17H27FN2O. The first kappa shape index (κ1) is 16.2. The van der Waals surface area contributed by atoms with E-state index < -0.39 is 0 Å². The lowest BCUT2D eigenvalue weighted by Crippen LogP contribution is -2.43. The van der Waals surface area contributed by atoms with Gasteiger partial charge in [0, 0.05) is 24.2 Å². The Kier molecular flexibility index (Phi) is 5.59. The first-order chi connectivity index (χ1) is 10.0. The molecule has 1 aromatic carbocycles. The van der Waals surface area contributed by atoms with E-state index in [1.807, 2.05) is 0 Å². The Morgan fingerprint density at radius 1 is 1.38 bits per heavy atom. The van der Waals surface area contributed by atoms with Crippen molar-refractivity contribution in [3.63, 3.8) is 0 Å². The van der Waals surface area contributed by atoms with Crippen molar-refractivity contribution in [3.05, 3.63) is 29.6 Å². The number of piperidine rings is 1. The van der Waals surface area contributed by atoms with Gasteiger partial charge in [0.2, 0.25) is 0 Å². The molecule has 1 saturated heterocycles. The Morgan fingerprint density at radius 2 is 2.14 bits per heavy atom. The van der Waals surface area contributed by atoms with E-state index in [0.29, 0.717) is 12.0 Å². The summed E-state index contributed by atoms with van der Waals surface area (Å²) in [4.78, 5) is 2.39. The Morgan fingerprint density at radius 3 is 2.81 bits per heavy atom. The van der Waals surface area contributed by atoms with Crippen molar-refractivity contribution in [1.29, 1.82) is 0 Å². The van der Waals surface area contributed by atoms with Gasteiger partial charge in [-0.15, -0.1) is 0 Å². The minimum absolute atomic E-state index is 0.0675. The summed E-state index contributed by atoms with van der Waals surface area (Å²) in [5, 5.41) is 3.62. The van der Waals surface area contributed by atoms with Crippen molar-refractivity contribution in [1.82, 2.24) is 10.2 Å². The molecular weight excluding hydrogens is 267 g/mol. The van der Waals surface area contributed by atoms with E-state index in [9.17, 15) is 4.39 Å². The molecule has 21 heavy (non-hydrogen) atoms. The van der Waals surface area contributed by atoms with Crippen molar-refractivity contribution in [3.8, 4) is 5.75 Å². The van der Waals surface area contributed by atoms with Crippen LogP contribution in [0, 0.1) is 11.7 Å². The average molecular weight is 294 g/mol. The Balaban J connectivity index is 2.03. The molecule has 3 unspecified atom stereocenters. The summed E-state index contributed by atoms with van der Waals surface area (Å²) < 4.78 is 18.8. The maximum Gasteiger partial charge on any atom is 0.123 e. The molecule has 0 saturated carbocycles. The number of halogens is 1. The monoisotopic (exact) mass is 294 g/mol. The zero-order chi connectivity index (χ0) is 15.4. The van der Waals surface area contributed by atoms with E-state index in [2.05, 4.69) is 31.1 Å². The number of methoxy groups -OCH3 is 1. The first-order valence-electron chi connectivity index (χ1n) is 7.79. The summed E-state index contributed by atoms with van der Waals surface area (Å²) in [7, 11) is 3.81. The Labute approximate surface area is 127 Å². The molecule has 0 bridgehead atoms. The van der Waals surface area contributed by atoms with E-state index in [4.69, 9.17) is 4.74 Å². The lowest BCUT2D eigenvalue weighted by molar-refractivity contribution is 0.174. The van der Waals surface area contributed by atoms with Crippen LogP contribution < -0.4 is 10.1 Å². The molecule has 1 aromatic rings. The summed E-state index contributed by atoms with van der Waals surface area (Å²) in [6, 6.07) is 5.17. The smallest absolute Gasteiger partial charge is 0.123 e. The number of rotatable bonds is 5. The third-order valence-corrected chi connectivity index (χ3v) is 4.54. The molecule has 1 heterocycles. The van der Waals surface area contributed by atoms with Gasteiger partial charge in [0.1, 0.15) is 11.6 Å². The second-order valence-corrected chi connectivity index (χ2v) is 6.23. The van der Waals surface area contributed by atoms with Crippen LogP contribution in [0.3, 0.4) is 0 Å². The largest absolute Gasteiger partial charge is 0.496 e. The average Bonchev–Trinajstić information content (AvgIpc) is 2.47. The Hall–Kier alpha value is -1.13. The van der Waals surface area contributed by atoms with Gasteiger partial charge in [0.05, 0.1) is 7.11 Å². The maximum atomic E-state index is 13.5. The van der Waals surface area contributed by atoms with Crippen LogP contribution in [0.4, 0.5) is 4.39 Å². The van der Waals surface area contributed by atoms with Gasteiger partial charge < -0.3 is 15.0 Å². The SMILES string of the molecule is COc1ccc(F)cc1C(C)NC(C)C1CCCN(C)C1. The highest BCUT2D eigenvalue weighted by Gasteiger charge is 2.24. The molecule has 0 aliphatic carbocycles. The minimum Gasteiger partial charge on any atom is -0.496 e. The quantitative estimate of drug-likeness (QED) is 0.902. The molecule has 0 aromatic heterocycles. The topological polar surface area (TPSA) is 24.5 Å². The number of ether oxygens (including phenoxy) is 1. The molecule has 0 amide bonds. The van der Waals surface area contributed by atoms with Crippen LogP contribution >= 0.6 is 0 Å². The lowest BCUT2D eigenvalue weighted by Gasteiger charge is -2.35. The summed E-state index contributed by atoms with van der Waals surface area (Å²) >= 11 is 0. The Bertz CT molecular complexity index is 466. The number of benzene rings is 1. The number of hydrogen-bond acceptors (Lipinski definition) is 3. The molecule has 3 nitrogen and oxygen atoms in total. The van der Waals surface area contributed by atoms with Crippen LogP contribution in [0.2, 0.25) is 0 Å². The van der Waals surface area contributed by atoms with Gasteiger partial charge in [0.15, 0.2) is 0 Å². The standard InChI is InChI=1S/C17H27FN2O/c1-12(14-6-5-9-20(3)11-14)19-13(2)16-10-15(18)7-8-17(16)21-4/h7-8,10,12-14,19H,5-6,9,11H2,1-4H3. The zero-order valence-electron chi connectivity index (χ0n) is 13.5. The molecule has 1 N–H and O–H groups in total. The second-order valence-electron chi connectivity index (χ2n) is 6.23. The van der Waals surface area contributed by atoms with Crippen LogP contribution in [-0.4, -0.2) is 38.2 Å². The maximum absolute atomic E-state index is 13.5. The highest BCUT2D eigenvalue weighted by molar-refractivity contribution is 5.36. The van der Waals surface area contributed by atoms with Gasteiger partial charge in [-0.25, -0.2) is 4.39 Å². The number of nitrogens with zero attached hydrogens (tertiary/aromatic N) is 1. The predicted molar refractivity (Wildman–Crippen MR) is 84.2 cm³/mol. The molecule has 3 atom stereocenters. The van der Waals surface area contributed by atoms with Gasteiger partial charge in [-0.2, -0.15) is 0 Å². The minimum atomic E-state index is -0.218. The molecule has 1 fully saturated rings. The van der Waals surface area contributed by atoms with Crippen molar-refractivity contribution in [2.24, 2.45) is 5.92 Å². The summed E-state index contributed by atoms with van der Waals surface area (Å²) in [5.41, 5.74) is 0.883. The molecule has 0 radical (unpaired) electrons. The molecule has 0 spiro atoms. The summed E-state index contributed by atoms with van der Waals surface area (Å²) in [6.45, 7) is 6.62. The van der Waals surface area contributed by atoms with E-state index in [1.165, 1.54) is 25.5 Å². The van der Waals surface area contributed by atoms with Crippen molar-refractivity contribution in [2.45, 2.75) is 38.8 Å². The van der Waals surface area contributed by atoms with Crippen LogP contribution in [0.1, 0.15) is 38.3 Å². The van der Waals surface area contributed by atoms with Crippen molar-refractivity contribution >= 4 is 0 Å². The van der Waals surface area contributed by atoms with Crippen LogP contribution in [-0.2, 0) is 0 Å². The van der Waals surface area contributed by atoms with Gasteiger partial charge in [-0.05, 0) is 64.4 Å². The number of nitrogens with one attached hydrogen (secondary N) is 1. The van der Waals surface area contributed by atoms with Gasteiger partial charge in [-0.1, -0.05) is 0 Å². The number of hydrogen-bond donors (Lipinski definition) is 1. The van der Waals surface area contributed by atoms with E-state index >= 15 is 0 Å². The lowest BCUT2D eigenvalue weighted by atomic mass is 9.91. The van der Waals surface area contributed by atoms with Gasteiger partial charge >= 0.3 is 0 Å². The fourth-order valence-electron chi connectivity index (χ4n) is 3.28. The van der Waals surface area contributed by atoms with Crippen LogP contribution in [0.5, 0.6) is 5.75 Å². The zero-order valence-corrected chi connectivity index (χ0v) is 13.5. The summed E-state index contributed by atoms with van der Waals surface area (Å²) in [5.74, 6) is 1.17. The number of likely N-dealkylation sites (tertiary alicyclic amines) is 1. The van der Waals surface area contributed by atoms with E-state index in [1.54, 1.807) is 19.2 Å². The molecule has 2 rings (SSSR count). The second kappa shape index (κ2) is 7.23. The molecule has 1 aliphatic heterocycles. The fourth-order valence-corrected chi connectivity index (χ4v) is 3.28. The highest BCUT2D eigenvalue weighted by atomic mass is 19.1. The molecule has 118 valence electrons. The highest BCUT2D eigenvalue weighted by Crippen LogP contribution is 2.27. The normalized spacial score (nSPS) is 22.8. The van der Waals surface area contributed by atoms with E-state index in [-0.39, 0.29) is 11.9 Å².